The van der Waals surface area contributed by atoms with Gasteiger partial charge in [-0.2, -0.15) is 0 Å². The van der Waals surface area contributed by atoms with E-state index in [0.717, 1.165) is 44.6 Å². The van der Waals surface area contributed by atoms with Crippen molar-refractivity contribution in [3.8, 4) is 5.75 Å². The fourth-order valence-electron chi connectivity index (χ4n) is 6.41. The number of hydrogen-bond acceptors (Lipinski definition) is 5. The van der Waals surface area contributed by atoms with Crippen LogP contribution in [0.3, 0.4) is 0 Å². The van der Waals surface area contributed by atoms with E-state index in [4.69, 9.17) is 4.74 Å². The number of nitrogens with zero attached hydrogens (tertiary/aromatic N) is 3. The quantitative estimate of drug-likeness (QED) is 0.255. The van der Waals surface area contributed by atoms with Crippen molar-refractivity contribution in [3.63, 3.8) is 0 Å². The summed E-state index contributed by atoms with van der Waals surface area (Å²) in [5.41, 5.74) is 3.48. The summed E-state index contributed by atoms with van der Waals surface area (Å²) in [5.74, 6) is 1.23. The topological polar surface area (TPSA) is 56.3 Å². The SMILES string of the molecule is O=C(C=Cc1ccccc1OCC(O)CN1CCC(c2cccc3ccccc23)CC1)N1CCN(c2ccccc2)CC1. The van der Waals surface area contributed by atoms with Crippen LogP contribution in [0.2, 0.25) is 0 Å². The van der Waals surface area contributed by atoms with Gasteiger partial charge < -0.3 is 24.5 Å². The molecule has 6 nitrogen and oxygen atoms in total. The van der Waals surface area contributed by atoms with Crippen molar-refractivity contribution in [1.29, 1.82) is 0 Å². The maximum atomic E-state index is 12.9. The van der Waals surface area contributed by atoms with Crippen molar-refractivity contribution in [2.75, 3.05) is 57.3 Å². The monoisotopic (exact) mass is 575 g/mol. The Morgan fingerprint density at radius 1 is 0.814 bits per heavy atom. The third-order valence-electron chi connectivity index (χ3n) is 8.79. The molecule has 1 N–H and O–H groups in total. The van der Waals surface area contributed by atoms with Crippen molar-refractivity contribution in [2.24, 2.45) is 0 Å². The molecular formula is C37H41N3O3. The van der Waals surface area contributed by atoms with E-state index in [9.17, 15) is 9.90 Å². The number of rotatable bonds is 9. The summed E-state index contributed by atoms with van der Waals surface area (Å²) in [7, 11) is 0. The van der Waals surface area contributed by atoms with Crippen molar-refractivity contribution in [3.05, 3.63) is 114 Å². The molecule has 2 aliphatic rings. The minimum atomic E-state index is -0.589. The van der Waals surface area contributed by atoms with Gasteiger partial charge in [-0.25, -0.2) is 0 Å². The Hall–Kier alpha value is -4.13. The lowest BCUT2D eigenvalue weighted by atomic mass is 9.86. The number of para-hydroxylation sites is 2. The molecule has 2 heterocycles. The van der Waals surface area contributed by atoms with Crippen molar-refractivity contribution in [1.82, 2.24) is 9.80 Å². The lowest BCUT2D eigenvalue weighted by Gasteiger charge is -2.35. The second-order valence-corrected chi connectivity index (χ2v) is 11.6. The Morgan fingerprint density at radius 3 is 2.33 bits per heavy atom. The lowest BCUT2D eigenvalue weighted by molar-refractivity contribution is -0.126. The van der Waals surface area contributed by atoms with Gasteiger partial charge in [0.1, 0.15) is 18.5 Å². The molecule has 6 rings (SSSR count). The molecule has 0 saturated carbocycles. The fourth-order valence-corrected chi connectivity index (χ4v) is 6.41. The number of anilines is 1. The molecule has 2 aliphatic heterocycles. The van der Waals surface area contributed by atoms with Gasteiger partial charge in [0.2, 0.25) is 5.91 Å². The highest BCUT2D eigenvalue weighted by atomic mass is 16.5. The number of piperidine rings is 1. The van der Waals surface area contributed by atoms with Crippen LogP contribution in [0.4, 0.5) is 5.69 Å². The number of amides is 1. The van der Waals surface area contributed by atoms with Gasteiger partial charge in [-0.3, -0.25) is 4.79 Å². The largest absolute Gasteiger partial charge is 0.490 e. The van der Waals surface area contributed by atoms with Crippen LogP contribution in [0.25, 0.3) is 16.8 Å². The fraction of sp³-hybridized carbons (Fsp3) is 0.324. The van der Waals surface area contributed by atoms with Crippen molar-refractivity contribution in [2.45, 2.75) is 24.9 Å². The summed E-state index contributed by atoms with van der Waals surface area (Å²) in [6.45, 7) is 5.77. The van der Waals surface area contributed by atoms with Gasteiger partial charge in [-0.05, 0) is 72.5 Å². The Bertz CT molecular complexity index is 1520. The zero-order valence-corrected chi connectivity index (χ0v) is 24.7. The number of benzene rings is 4. The molecule has 2 saturated heterocycles. The van der Waals surface area contributed by atoms with Gasteiger partial charge in [-0.1, -0.05) is 78.9 Å². The van der Waals surface area contributed by atoms with Crippen molar-refractivity contribution >= 4 is 28.4 Å². The molecular weight excluding hydrogens is 534 g/mol. The number of fused-ring (bicyclic) bond motifs is 1. The number of piperazine rings is 1. The molecule has 43 heavy (non-hydrogen) atoms. The zero-order valence-electron chi connectivity index (χ0n) is 24.7. The normalized spacial score (nSPS) is 17.4. The molecule has 4 aromatic carbocycles. The van der Waals surface area contributed by atoms with Crippen LogP contribution in [-0.2, 0) is 4.79 Å². The molecule has 0 bridgehead atoms. The highest BCUT2D eigenvalue weighted by Crippen LogP contribution is 2.33. The van der Waals surface area contributed by atoms with E-state index in [1.807, 2.05) is 53.4 Å². The average molecular weight is 576 g/mol. The molecule has 1 unspecified atom stereocenters. The van der Waals surface area contributed by atoms with E-state index < -0.39 is 6.10 Å². The second kappa shape index (κ2) is 13.9. The molecule has 6 heteroatoms. The van der Waals surface area contributed by atoms with Gasteiger partial charge in [0.15, 0.2) is 0 Å². The first-order chi connectivity index (χ1) is 21.1. The molecule has 0 spiro atoms. The molecule has 222 valence electrons. The molecule has 1 atom stereocenters. The molecule has 0 aliphatic carbocycles. The standard InChI is InChI=1S/C37H41N3O3/c41-33(27-38-21-19-30(20-22-38)35-15-8-11-29-9-4-6-14-34(29)35)28-43-36-16-7-5-10-31(36)17-18-37(42)40-25-23-39(24-26-40)32-12-2-1-3-13-32/h1-18,30,33,41H,19-28H2. The number of ether oxygens (including phenoxy) is 1. The molecule has 1 amide bonds. The predicted molar refractivity (Wildman–Crippen MR) is 175 cm³/mol. The van der Waals surface area contributed by atoms with Crippen molar-refractivity contribution < 1.29 is 14.6 Å². The first kappa shape index (κ1) is 29.0. The summed E-state index contributed by atoms with van der Waals surface area (Å²) < 4.78 is 6.06. The highest BCUT2D eigenvalue weighted by Gasteiger charge is 2.24. The summed E-state index contributed by atoms with van der Waals surface area (Å²) >= 11 is 0. The number of aliphatic hydroxyl groups excluding tert-OH is 1. The van der Waals surface area contributed by atoms with Crippen LogP contribution in [0.15, 0.2) is 103 Å². The Labute approximate surface area is 254 Å². The van der Waals surface area contributed by atoms with E-state index in [-0.39, 0.29) is 12.5 Å². The van der Waals surface area contributed by atoms with E-state index >= 15 is 0 Å². The van der Waals surface area contributed by atoms with Gasteiger partial charge in [0.25, 0.3) is 0 Å². The summed E-state index contributed by atoms with van der Waals surface area (Å²) in [4.78, 5) is 19.5. The lowest BCUT2D eigenvalue weighted by Crippen LogP contribution is -2.48. The van der Waals surface area contributed by atoms with Crippen LogP contribution >= 0.6 is 0 Å². The number of hydrogen-bond donors (Lipinski definition) is 1. The van der Waals surface area contributed by atoms with Gasteiger partial charge in [0.05, 0.1) is 0 Å². The van der Waals surface area contributed by atoms with Crippen LogP contribution in [0, 0.1) is 0 Å². The van der Waals surface area contributed by atoms with E-state index in [0.29, 0.717) is 31.3 Å². The first-order valence-electron chi connectivity index (χ1n) is 15.5. The van der Waals surface area contributed by atoms with E-state index in [1.165, 1.54) is 22.0 Å². The second-order valence-electron chi connectivity index (χ2n) is 11.6. The van der Waals surface area contributed by atoms with Crippen LogP contribution in [0.5, 0.6) is 5.75 Å². The Balaban J connectivity index is 0.967. The van der Waals surface area contributed by atoms with Crippen LogP contribution < -0.4 is 9.64 Å². The van der Waals surface area contributed by atoms with Gasteiger partial charge in [0, 0.05) is 50.1 Å². The van der Waals surface area contributed by atoms with Crippen LogP contribution in [-0.4, -0.2) is 79.3 Å². The van der Waals surface area contributed by atoms with Gasteiger partial charge in [-0.15, -0.1) is 0 Å². The number of aliphatic hydroxyl groups is 1. The highest BCUT2D eigenvalue weighted by molar-refractivity contribution is 5.92. The summed E-state index contributed by atoms with van der Waals surface area (Å²) in [5, 5.41) is 13.5. The third-order valence-corrected chi connectivity index (χ3v) is 8.79. The zero-order chi connectivity index (χ0) is 29.4. The number of carbonyl (C=O) groups is 1. The summed E-state index contributed by atoms with van der Waals surface area (Å²) in [6, 6.07) is 33.3. The van der Waals surface area contributed by atoms with E-state index in [1.54, 1.807) is 6.08 Å². The minimum absolute atomic E-state index is 0.00875. The smallest absolute Gasteiger partial charge is 0.246 e. The Morgan fingerprint density at radius 2 is 1.51 bits per heavy atom. The predicted octanol–water partition coefficient (Wildman–Crippen LogP) is 5.82. The van der Waals surface area contributed by atoms with Gasteiger partial charge >= 0.3 is 0 Å². The molecule has 0 aromatic heterocycles. The maximum absolute atomic E-state index is 12.9. The molecule has 2 fully saturated rings. The average Bonchev–Trinajstić information content (AvgIpc) is 3.07. The summed E-state index contributed by atoms with van der Waals surface area (Å²) in [6.07, 6.45) is 5.05. The minimum Gasteiger partial charge on any atom is -0.490 e. The number of β-amino-alcohol motifs (C(OH)–C–C–N with tert-alkyl or cyclic N) is 1. The molecule has 0 radical (unpaired) electrons. The van der Waals surface area contributed by atoms with E-state index in [2.05, 4.69) is 64.4 Å². The first-order valence-corrected chi connectivity index (χ1v) is 15.5. The number of likely N-dealkylation sites (tertiary alicyclic amines) is 1. The maximum Gasteiger partial charge on any atom is 0.246 e. The number of carbonyl (C=O) groups excluding carboxylic acids is 1. The molecule has 4 aromatic rings. The Kier molecular flexibility index (Phi) is 9.36. The third kappa shape index (κ3) is 7.27. The van der Waals surface area contributed by atoms with Crippen LogP contribution in [0.1, 0.15) is 29.9 Å².